The van der Waals surface area contributed by atoms with Crippen molar-refractivity contribution in [2.24, 2.45) is 0 Å². The molecular weight excluding hydrogens is 937 g/mol. The Morgan fingerprint density at radius 1 is 0.158 bits per heavy atom. The minimum absolute atomic E-state index is 0. The topological polar surface area (TPSA) is 360 Å². The van der Waals surface area contributed by atoms with Gasteiger partial charge in [-0.05, 0) is 0 Å². The van der Waals surface area contributed by atoms with E-state index in [0.717, 1.165) is 0 Å². The molecule has 0 spiro atoms. The first-order valence-electron chi connectivity index (χ1n) is 0. The maximum absolute atomic E-state index is 0. The molecule has 19 heteroatoms. The van der Waals surface area contributed by atoms with Gasteiger partial charge in [-0.1, -0.05) is 0 Å². The first-order valence-corrected chi connectivity index (χ1v) is 0. The third-order valence-electron chi connectivity index (χ3n) is 0. The Morgan fingerprint density at radius 3 is 0.158 bits per heavy atom. The van der Waals surface area contributed by atoms with Crippen molar-refractivity contribution in [3.63, 3.8) is 0 Å². The fraction of sp³-hybridized carbons (Fsp3) is 0. The number of rotatable bonds is 0. The fourth-order valence-corrected chi connectivity index (χ4v) is 0. The summed E-state index contributed by atoms with van der Waals surface area (Å²) in [4.78, 5) is 0. The van der Waals surface area contributed by atoms with Crippen LogP contribution in [-0.2, 0) is 65.2 Å². The van der Waals surface area contributed by atoms with Crippen LogP contribution in [0.5, 0.6) is 0 Å². The zero-order valence-electron chi connectivity index (χ0n) is 8.50. The first kappa shape index (κ1) is 331. The average molecular weight is 949 g/mol. The van der Waals surface area contributed by atoms with E-state index in [9.17, 15) is 0 Å². The van der Waals surface area contributed by atoms with Crippen LogP contribution in [0, 0.1) is 162 Å². The predicted molar refractivity (Wildman–Crippen MR) is 23.2 cm³/mol. The van der Waals surface area contributed by atoms with Gasteiger partial charge in [-0.25, -0.2) is 0 Å². The summed E-state index contributed by atoms with van der Waals surface area (Å²) >= 11 is 0. The van der Waals surface area contributed by atoms with Gasteiger partial charge < -0.3 is 65.7 Å². The van der Waals surface area contributed by atoms with E-state index < -0.39 is 0 Å². The zero-order valence-corrected chi connectivity index (χ0v) is 23.7. The summed E-state index contributed by atoms with van der Waals surface area (Å²) in [7, 11) is 0. The number of hydrogen-bond donors (Lipinski definition) is 0. The van der Waals surface area contributed by atoms with Crippen LogP contribution in [0.2, 0.25) is 0 Å². The summed E-state index contributed by atoms with van der Waals surface area (Å²) < 4.78 is 0. The molecule has 0 aromatic rings. The van der Waals surface area contributed by atoms with E-state index in [1.54, 1.807) is 0 Å². The molecule has 4 radical (unpaired) electrons. The van der Waals surface area contributed by atoms with Gasteiger partial charge in [0.05, 0.1) is 0 Å². The molecule has 0 unspecified atom stereocenters. The maximum Gasteiger partial charge on any atom is 3.00 e. The molecule has 0 atom stereocenters. The molecule has 0 bridgehead atoms. The summed E-state index contributed by atoms with van der Waals surface area (Å²) in [5.41, 5.74) is 0. The Labute approximate surface area is 285 Å². The smallest absolute Gasteiger partial charge is 0.870 e. The molecule has 0 rings (SSSR count). The molecule has 19 heavy (non-hydrogen) atoms. The van der Waals surface area contributed by atoms with Gasteiger partial charge in [0.15, 0.2) is 0 Å². The van der Waals surface area contributed by atoms with Crippen molar-refractivity contribution < 1.29 is 292 Å². The SMILES string of the molecule is [OH-].[OH-].[OH-].[OH-].[OH-].[OH-].[OH-].[OH-].[OH-].[OH-].[OH-].[OH-].[Sm+3].[Sm+3].[Sm+3].[Sm+3].[Ti].[Ti].[Ti]. The largest absolute Gasteiger partial charge is 3.00 e. The monoisotopic (exact) mass is 956 g/mol. The van der Waals surface area contributed by atoms with Crippen molar-refractivity contribution in [1.29, 1.82) is 0 Å². The van der Waals surface area contributed by atoms with E-state index in [-0.39, 0.29) is 292 Å². The van der Waals surface area contributed by atoms with Crippen molar-refractivity contribution in [2.75, 3.05) is 0 Å². The Morgan fingerprint density at radius 2 is 0.158 bits per heavy atom. The summed E-state index contributed by atoms with van der Waals surface area (Å²) in [6.45, 7) is 0. The molecule has 0 aromatic heterocycles. The third-order valence-corrected chi connectivity index (χ3v) is 0. The second-order valence-electron chi connectivity index (χ2n) is 0. The maximum atomic E-state index is 0. The van der Waals surface area contributed by atoms with Gasteiger partial charge in [-0.15, -0.1) is 0 Å². The molecule has 0 aliphatic carbocycles. The molecule has 0 aliphatic heterocycles. The molecule has 12 N–H and O–H groups in total. The first-order chi connectivity index (χ1) is 0. The molecule has 0 amide bonds. The van der Waals surface area contributed by atoms with Crippen molar-refractivity contribution in [1.82, 2.24) is 0 Å². The van der Waals surface area contributed by atoms with Crippen LogP contribution in [0.4, 0.5) is 0 Å². The van der Waals surface area contributed by atoms with E-state index in [4.69, 9.17) is 0 Å². The summed E-state index contributed by atoms with van der Waals surface area (Å²) in [6.07, 6.45) is 0. The van der Waals surface area contributed by atoms with Crippen LogP contribution in [0.3, 0.4) is 0 Å². The van der Waals surface area contributed by atoms with E-state index in [0.29, 0.717) is 0 Å². The third kappa shape index (κ3) is 269. The minimum Gasteiger partial charge on any atom is -0.870 e. The van der Waals surface area contributed by atoms with E-state index in [2.05, 4.69) is 0 Å². The van der Waals surface area contributed by atoms with Crippen molar-refractivity contribution >= 4 is 0 Å². The van der Waals surface area contributed by atoms with Crippen LogP contribution >= 0.6 is 0 Å². The van der Waals surface area contributed by atoms with Crippen LogP contribution in [0.25, 0.3) is 0 Å². The fourth-order valence-electron chi connectivity index (χ4n) is 0. The van der Waals surface area contributed by atoms with Gasteiger partial charge in [-0.3, -0.25) is 0 Å². The molecule has 120 valence electrons. The summed E-state index contributed by atoms with van der Waals surface area (Å²) in [5.74, 6) is 0. The second kappa shape index (κ2) is 293. The standard InChI is InChI=1S/12H2O.4Sm.3Ti/h12*1H2;;;;;;;/q;;;;;;;;;;;;4*+3;;;/p-12. The molecule has 0 aromatic carbocycles. The molecule has 0 saturated carbocycles. The second-order valence-corrected chi connectivity index (χ2v) is 0. The van der Waals surface area contributed by atoms with Crippen LogP contribution in [0.1, 0.15) is 0 Å². The Hall–Kier alpha value is 7.01. The van der Waals surface area contributed by atoms with Gasteiger partial charge in [0.2, 0.25) is 0 Å². The minimum atomic E-state index is 0. The molecule has 0 saturated heterocycles. The van der Waals surface area contributed by atoms with E-state index >= 15 is 0 Å². The molecular formula is H12O12Sm4Ti3. The summed E-state index contributed by atoms with van der Waals surface area (Å²) in [5, 5.41) is 0. The molecule has 0 aliphatic rings. The Bertz CT molecular complexity index is 24.9. The van der Waals surface area contributed by atoms with Gasteiger partial charge in [0.25, 0.3) is 0 Å². The molecule has 0 heterocycles. The Balaban J connectivity index is 0. The van der Waals surface area contributed by atoms with Crippen LogP contribution < -0.4 is 0 Å². The van der Waals surface area contributed by atoms with E-state index in [1.165, 1.54) is 0 Å². The zero-order chi connectivity index (χ0) is 0. The van der Waals surface area contributed by atoms with Gasteiger partial charge in [0.1, 0.15) is 0 Å². The normalized spacial score (nSPS) is 0. The quantitative estimate of drug-likeness (QED) is 0.235. The van der Waals surface area contributed by atoms with Crippen molar-refractivity contribution in [2.45, 2.75) is 0 Å². The predicted octanol–water partition coefficient (Wildman–Crippen LogP) is -2.13. The molecule has 0 fully saturated rings. The van der Waals surface area contributed by atoms with Crippen LogP contribution in [-0.4, -0.2) is 65.7 Å². The van der Waals surface area contributed by atoms with Crippen molar-refractivity contribution in [3.8, 4) is 0 Å². The van der Waals surface area contributed by atoms with Gasteiger partial charge >= 0.3 is 162 Å². The number of hydrogen-bond acceptors (Lipinski definition) is 12. The van der Waals surface area contributed by atoms with Crippen molar-refractivity contribution in [3.05, 3.63) is 0 Å². The van der Waals surface area contributed by atoms with Crippen LogP contribution in [0.15, 0.2) is 0 Å². The average Bonchev–Trinajstić information content (AvgIpc) is 0. The van der Waals surface area contributed by atoms with E-state index in [1.807, 2.05) is 0 Å². The van der Waals surface area contributed by atoms with Gasteiger partial charge in [-0.2, -0.15) is 0 Å². The summed E-state index contributed by atoms with van der Waals surface area (Å²) in [6, 6.07) is 0. The molecule has 12 nitrogen and oxygen atoms in total. The Kier molecular flexibility index (Phi) is 5110. The van der Waals surface area contributed by atoms with Gasteiger partial charge in [0, 0.05) is 65.2 Å².